The molecule has 0 heterocycles. The molecule has 0 atom stereocenters. The van der Waals surface area contributed by atoms with Crippen LogP contribution in [-0.4, -0.2) is 11.9 Å². The summed E-state index contributed by atoms with van der Waals surface area (Å²) < 4.78 is 4.42. The minimum absolute atomic E-state index is 0.678. The van der Waals surface area contributed by atoms with Gasteiger partial charge in [-0.1, -0.05) is 36.5 Å². The summed E-state index contributed by atoms with van der Waals surface area (Å²) in [5, 5.41) is 0. The zero-order valence-electron chi connectivity index (χ0n) is 8.84. The van der Waals surface area contributed by atoms with Gasteiger partial charge in [-0.25, -0.2) is 9.59 Å². The first-order valence-corrected chi connectivity index (χ1v) is 4.55. The van der Waals surface area contributed by atoms with Crippen LogP contribution in [0.1, 0.15) is 13.8 Å². The zero-order valence-corrected chi connectivity index (χ0v) is 8.84. The number of carbonyl (C=O) groups is 2. The van der Waals surface area contributed by atoms with Crippen molar-refractivity contribution in [1.82, 2.24) is 0 Å². The van der Waals surface area contributed by atoms with E-state index >= 15 is 0 Å². The quantitative estimate of drug-likeness (QED) is 0.307. The van der Waals surface area contributed by atoms with Crippen LogP contribution in [0.25, 0.3) is 0 Å². The molecule has 80 valence electrons. The highest BCUT2D eigenvalue weighted by Gasteiger charge is 2.01. The predicted octanol–water partition coefficient (Wildman–Crippen LogP) is 2.32. The Kier molecular flexibility index (Phi) is 7.59. The van der Waals surface area contributed by atoms with Crippen molar-refractivity contribution in [1.29, 1.82) is 0 Å². The first kappa shape index (κ1) is 13.1. The normalized spacial score (nSPS) is 12.1. The largest absolute Gasteiger partial charge is 0.387 e. The van der Waals surface area contributed by atoms with E-state index in [2.05, 4.69) is 4.74 Å². The molecule has 0 aliphatic heterocycles. The summed E-state index contributed by atoms with van der Waals surface area (Å²) in [6.45, 7) is 3.64. The van der Waals surface area contributed by atoms with Crippen molar-refractivity contribution < 1.29 is 14.3 Å². The first-order chi connectivity index (χ1) is 7.20. The van der Waals surface area contributed by atoms with Gasteiger partial charge in [-0.05, 0) is 13.8 Å². The molecular formula is C12H14O3. The van der Waals surface area contributed by atoms with E-state index in [4.69, 9.17) is 0 Å². The maximum absolute atomic E-state index is 10.9. The van der Waals surface area contributed by atoms with E-state index in [1.807, 2.05) is 13.8 Å². The van der Waals surface area contributed by atoms with Crippen LogP contribution in [0.2, 0.25) is 0 Å². The summed E-state index contributed by atoms with van der Waals surface area (Å²) in [6, 6.07) is 0. The number of hydrogen-bond acceptors (Lipinski definition) is 3. The summed E-state index contributed by atoms with van der Waals surface area (Å²) in [5.74, 6) is -1.36. The van der Waals surface area contributed by atoms with Crippen LogP contribution < -0.4 is 0 Å². The van der Waals surface area contributed by atoms with E-state index in [-0.39, 0.29) is 0 Å². The van der Waals surface area contributed by atoms with E-state index in [9.17, 15) is 9.59 Å². The van der Waals surface area contributed by atoms with Gasteiger partial charge in [-0.15, -0.1) is 0 Å². The molecule has 0 aromatic heterocycles. The lowest BCUT2D eigenvalue weighted by Gasteiger charge is -1.92. The number of allylic oxidation sites excluding steroid dienone is 6. The number of ether oxygens (including phenoxy) is 1. The number of hydrogen-bond donors (Lipinski definition) is 0. The van der Waals surface area contributed by atoms with Gasteiger partial charge in [0.25, 0.3) is 0 Å². The van der Waals surface area contributed by atoms with Gasteiger partial charge in [0.15, 0.2) is 0 Å². The summed E-state index contributed by atoms with van der Waals surface area (Å²) >= 11 is 0. The van der Waals surface area contributed by atoms with Crippen molar-refractivity contribution >= 4 is 11.9 Å². The minimum atomic E-state index is -0.678. The van der Waals surface area contributed by atoms with E-state index in [1.54, 1.807) is 24.3 Å². The highest BCUT2D eigenvalue weighted by atomic mass is 16.6. The van der Waals surface area contributed by atoms with Crippen LogP contribution in [0.5, 0.6) is 0 Å². The van der Waals surface area contributed by atoms with Gasteiger partial charge < -0.3 is 4.74 Å². The maximum Gasteiger partial charge on any atom is 0.338 e. The molecule has 3 nitrogen and oxygen atoms in total. The van der Waals surface area contributed by atoms with Crippen molar-refractivity contribution in [2.75, 3.05) is 0 Å². The number of rotatable bonds is 4. The molecule has 0 saturated heterocycles. The number of carbonyl (C=O) groups excluding carboxylic acids is 2. The molecule has 0 aliphatic rings. The number of esters is 2. The second-order valence-electron chi connectivity index (χ2n) is 2.51. The van der Waals surface area contributed by atoms with Gasteiger partial charge in [-0.3, -0.25) is 0 Å². The Hall–Kier alpha value is -1.90. The molecule has 0 N–H and O–H groups in total. The minimum Gasteiger partial charge on any atom is -0.387 e. The monoisotopic (exact) mass is 206 g/mol. The summed E-state index contributed by atoms with van der Waals surface area (Å²) in [5.41, 5.74) is 0. The standard InChI is InChI=1S/C12H14O3/c1-3-5-7-9-11(13)15-12(14)10-8-6-4-2/h3-10H,1-2H3. The Labute approximate surface area is 89.4 Å². The molecular weight excluding hydrogens is 192 g/mol. The third-order valence-electron chi connectivity index (χ3n) is 1.27. The van der Waals surface area contributed by atoms with Crippen LogP contribution >= 0.6 is 0 Å². The third-order valence-corrected chi connectivity index (χ3v) is 1.27. The molecule has 0 rings (SSSR count). The second kappa shape index (κ2) is 8.69. The van der Waals surface area contributed by atoms with Gasteiger partial charge >= 0.3 is 11.9 Å². The average Bonchev–Trinajstić information content (AvgIpc) is 2.18. The Balaban J connectivity index is 4.02. The molecule has 0 unspecified atom stereocenters. The molecule has 3 heteroatoms. The fourth-order valence-corrected chi connectivity index (χ4v) is 0.658. The highest BCUT2D eigenvalue weighted by molar-refractivity contribution is 5.96. The van der Waals surface area contributed by atoms with Gasteiger partial charge in [0.1, 0.15) is 0 Å². The molecule has 0 radical (unpaired) electrons. The Morgan fingerprint density at radius 1 is 0.800 bits per heavy atom. The van der Waals surface area contributed by atoms with Crippen molar-refractivity contribution in [3.63, 3.8) is 0 Å². The van der Waals surface area contributed by atoms with Crippen LogP contribution in [-0.2, 0) is 14.3 Å². The molecule has 0 aliphatic carbocycles. The predicted molar refractivity (Wildman–Crippen MR) is 59.0 cm³/mol. The van der Waals surface area contributed by atoms with Crippen LogP contribution in [0.15, 0.2) is 48.6 Å². The summed E-state index contributed by atoms with van der Waals surface area (Å²) in [7, 11) is 0. The van der Waals surface area contributed by atoms with Gasteiger partial charge in [0.2, 0.25) is 0 Å². The topological polar surface area (TPSA) is 43.4 Å². The lowest BCUT2D eigenvalue weighted by molar-refractivity contribution is -0.152. The smallest absolute Gasteiger partial charge is 0.338 e. The van der Waals surface area contributed by atoms with E-state index in [0.29, 0.717) is 0 Å². The van der Waals surface area contributed by atoms with Crippen LogP contribution in [0.4, 0.5) is 0 Å². The lowest BCUT2D eigenvalue weighted by atomic mass is 10.4. The molecule has 0 bridgehead atoms. The molecule has 0 saturated carbocycles. The van der Waals surface area contributed by atoms with Crippen molar-refractivity contribution in [3.05, 3.63) is 48.6 Å². The molecule has 15 heavy (non-hydrogen) atoms. The van der Waals surface area contributed by atoms with Crippen LogP contribution in [0, 0.1) is 0 Å². The average molecular weight is 206 g/mol. The molecule has 0 amide bonds. The van der Waals surface area contributed by atoms with Crippen LogP contribution in [0.3, 0.4) is 0 Å². The van der Waals surface area contributed by atoms with E-state index < -0.39 is 11.9 Å². The fraction of sp³-hybridized carbons (Fsp3) is 0.167. The second-order valence-corrected chi connectivity index (χ2v) is 2.51. The van der Waals surface area contributed by atoms with Gasteiger partial charge in [-0.2, -0.15) is 0 Å². The SMILES string of the molecule is CC=CC=CC(=O)OC(=O)C=CC=CC. The molecule has 0 aromatic carbocycles. The van der Waals surface area contributed by atoms with E-state index in [1.165, 1.54) is 24.3 Å². The van der Waals surface area contributed by atoms with Gasteiger partial charge in [0.05, 0.1) is 0 Å². The first-order valence-electron chi connectivity index (χ1n) is 4.55. The highest BCUT2D eigenvalue weighted by Crippen LogP contribution is 1.87. The summed E-state index contributed by atoms with van der Waals surface area (Å²) in [6.07, 6.45) is 12.2. The molecule has 0 spiro atoms. The lowest BCUT2D eigenvalue weighted by Crippen LogP contribution is -2.06. The Bertz CT molecular complexity index is 288. The van der Waals surface area contributed by atoms with Crippen molar-refractivity contribution in [2.45, 2.75) is 13.8 Å². The molecule has 0 aromatic rings. The zero-order chi connectivity index (χ0) is 11.5. The van der Waals surface area contributed by atoms with Gasteiger partial charge in [0, 0.05) is 12.2 Å². The Morgan fingerprint density at radius 2 is 1.20 bits per heavy atom. The summed E-state index contributed by atoms with van der Waals surface area (Å²) in [4.78, 5) is 21.9. The molecule has 0 fully saturated rings. The van der Waals surface area contributed by atoms with Crippen molar-refractivity contribution in [3.8, 4) is 0 Å². The fourth-order valence-electron chi connectivity index (χ4n) is 0.658. The van der Waals surface area contributed by atoms with E-state index in [0.717, 1.165) is 0 Å². The third kappa shape index (κ3) is 8.43. The maximum atomic E-state index is 10.9. The Morgan fingerprint density at radius 3 is 1.53 bits per heavy atom. The van der Waals surface area contributed by atoms with Crippen molar-refractivity contribution in [2.24, 2.45) is 0 Å².